The molecule has 1 aliphatic rings. The molecule has 5 nitrogen and oxygen atoms in total. The molecule has 0 spiro atoms. The fourth-order valence-electron chi connectivity index (χ4n) is 3.60. The number of aromatic amines is 1. The molecule has 4 rings (SSSR count). The molecule has 28 heavy (non-hydrogen) atoms. The van der Waals surface area contributed by atoms with Crippen LogP contribution < -0.4 is 10.5 Å². The predicted octanol–water partition coefficient (Wildman–Crippen LogP) is 3.72. The van der Waals surface area contributed by atoms with Crippen LogP contribution in [-0.4, -0.2) is 28.0 Å². The Morgan fingerprint density at radius 2 is 1.89 bits per heavy atom. The van der Waals surface area contributed by atoms with Crippen LogP contribution in [0.15, 0.2) is 41.3 Å². The SMILES string of the molecule is Cc1nc(-c2ccc(N3CCC(c4c(F)cccc4F)C3)nc2)[nH]c(=O)c1C. The van der Waals surface area contributed by atoms with Crippen LogP contribution in [-0.2, 0) is 0 Å². The van der Waals surface area contributed by atoms with E-state index in [0.29, 0.717) is 42.2 Å². The standard InChI is InChI=1S/C21H20F2N4O/c1-12-13(2)25-20(26-21(12)28)14-6-7-18(24-10-14)27-9-8-15(11-27)19-16(22)4-3-5-17(19)23/h3-7,10,15H,8-9,11H2,1-2H3,(H,25,26,28). The number of nitrogens with zero attached hydrogens (tertiary/aromatic N) is 3. The maximum atomic E-state index is 14.1. The number of nitrogens with one attached hydrogen (secondary N) is 1. The number of hydrogen-bond donors (Lipinski definition) is 1. The minimum Gasteiger partial charge on any atom is -0.356 e. The van der Waals surface area contributed by atoms with E-state index in [9.17, 15) is 13.6 Å². The Labute approximate surface area is 161 Å². The van der Waals surface area contributed by atoms with Crippen molar-refractivity contribution in [2.24, 2.45) is 0 Å². The van der Waals surface area contributed by atoms with Crippen molar-refractivity contribution < 1.29 is 8.78 Å². The number of pyridine rings is 1. The second-order valence-corrected chi connectivity index (χ2v) is 7.10. The van der Waals surface area contributed by atoms with Crippen LogP contribution >= 0.6 is 0 Å². The van der Waals surface area contributed by atoms with Crippen LogP contribution in [0.2, 0.25) is 0 Å². The Morgan fingerprint density at radius 1 is 1.14 bits per heavy atom. The lowest BCUT2D eigenvalue weighted by molar-refractivity contribution is 0.533. The van der Waals surface area contributed by atoms with Gasteiger partial charge in [-0.25, -0.2) is 18.7 Å². The van der Waals surface area contributed by atoms with E-state index in [1.807, 2.05) is 17.0 Å². The third-order valence-corrected chi connectivity index (χ3v) is 5.34. The molecule has 1 atom stereocenters. The van der Waals surface area contributed by atoms with E-state index in [2.05, 4.69) is 15.0 Å². The number of benzene rings is 1. The van der Waals surface area contributed by atoms with Crippen LogP contribution in [0.25, 0.3) is 11.4 Å². The van der Waals surface area contributed by atoms with E-state index in [0.717, 1.165) is 5.82 Å². The van der Waals surface area contributed by atoms with E-state index in [1.165, 1.54) is 18.2 Å². The van der Waals surface area contributed by atoms with Crippen LogP contribution in [0, 0.1) is 25.5 Å². The third-order valence-electron chi connectivity index (χ3n) is 5.34. The fraction of sp³-hybridized carbons (Fsp3) is 0.286. The van der Waals surface area contributed by atoms with E-state index < -0.39 is 11.6 Å². The molecule has 1 N–H and O–H groups in total. The number of aryl methyl sites for hydroxylation is 1. The average Bonchev–Trinajstić information content (AvgIpc) is 3.15. The third kappa shape index (κ3) is 3.28. The fourth-order valence-corrected chi connectivity index (χ4v) is 3.60. The highest BCUT2D eigenvalue weighted by molar-refractivity contribution is 5.57. The van der Waals surface area contributed by atoms with Crippen molar-refractivity contribution in [1.82, 2.24) is 15.0 Å². The summed E-state index contributed by atoms with van der Waals surface area (Å²) in [6, 6.07) is 7.65. The molecule has 1 unspecified atom stereocenters. The Kier molecular flexibility index (Phi) is 4.66. The van der Waals surface area contributed by atoms with Crippen molar-refractivity contribution in [3.63, 3.8) is 0 Å². The Balaban J connectivity index is 1.55. The number of rotatable bonds is 3. The summed E-state index contributed by atoms with van der Waals surface area (Å²) in [4.78, 5) is 25.6. The topological polar surface area (TPSA) is 61.9 Å². The summed E-state index contributed by atoms with van der Waals surface area (Å²) >= 11 is 0. The number of aromatic nitrogens is 3. The minimum atomic E-state index is -0.500. The second-order valence-electron chi connectivity index (χ2n) is 7.10. The molecule has 1 fully saturated rings. The van der Waals surface area contributed by atoms with Crippen LogP contribution in [0.4, 0.5) is 14.6 Å². The number of anilines is 1. The normalized spacial score (nSPS) is 16.6. The van der Waals surface area contributed by atoms with Crippen molar-refractivity contribution in [2.75, 3.05) is 18.0 Å². The van der Waals surface area contributed by atoms with Gasteiger partial charge in [0.15, 0.2) is 0 Å². The largest absolute Gasteiger partial charge is 0.356 e. The zero-order valence-corrected chi connectivity index (χ0v) is 15.7. The molecular weight excluding hydrogens is 362 g/mol. The van der Waals surface area contributed by atoms with Gasteiger partial charge in [-0.1, -0.05) is 6.07 Å². The number of hydrogen-bond acceptors (Lipinski definition) is 4. The van der Waals surface area contributed by atoms with Gasteiger partial charge in [0.2, 0.25) is 0 Å². The molecule has 3 aromatic rings. The van der Waals surface area contributed by atoms with Gasteiger partial charge in [0.1, 0.15) is 23.3 Å². The molecule has 0 aliphatic carbocycles. The molecule has 2 aromatic heterocycles. The van der Waals surface area contributed by atoms with Gasteiger partial charge in [-0.05, 0) is 44.5 Å². The molecular formula is C21H20F2N4O. The van der Waals surface area contributed by atoms with Gasteiger partial charge in [-0.15, -0.1) is 0 Å². The van der Waals surface area contributed by atoms with E-state index in [1.54, 1.807) is 20.0 Å². The monoisotopic (exact) mass is 382 g/mol. The quantitative estimate of drug-likeness (QED) is 0.750. The van der Waals surface area contributed by atoms with Crippen LogP contribution in [0.5, 0.6) is 0 Å². The smallest absolute Gasteiger partial charge is 0.254 e. The molecule has 3 heterocycles. The maximum Gasteiger partial charge on any atom is 0.254 e. The summed E-state index contributed by atoms with van der Waals surface area (Å²) in [5.41, 5.74) is 1.97. The Bertz CT molecular complexity index is 1060. The molecule has 144 valence electrons. The van der Waals surface area contributed by atoms with Gasteiger partial charge in [0.25, 0.3) is 5.56 Å². The number of halogens is 2. The van der Waals surface area contributed by atoms with Gasteiger partial charge >= 0.3 is 0 Å². The summed E-state index contributed by atoms with van der Waals surface area (Å²) < 4.78 is 28.1. The zero-order chi connectivity index (χ0) is 19.8. The van der Waals surface area contributed by atoms with Crippen LogP contribution in [0.1, 0.15) is 29.2 Å². The second kappa shape index (κ2) is 7.14. The lowest BCUT2D eigenvalue weighted by atomic mass is 9.97. The molecule has 1 saturated heterocycles. The molecule has 0 bridgehead atoms. The summed E-state index contributed by atoms with van der Waals surface area (Å²) in [5.74, 6) is -0.00523. The Morgan fingerprint density at radius 3 is 2.54 bits per heavy atom. The lowest BCUT2D eigenvalue weighted by Crippen LogP contribution is -2.21. The van der Waals surface area contributed by atoms with E-state index >= 15 is 0 Å². The van der Waals surface area contributed by atoms with Gasteiger partial charge < -0.3 is 9.88 Å². The molecule has 0 radical (unpaired) electrons. The van der Waals surface area contributed by atoms with Gasteiger partial charge in [-0.2, -0.15) is 0 Å². The van der Waals surface area contributed by atoms with Crippen molar-refractivity contribution in [2.45, 2.75) is 26.2 Å². The Hall–Kier alpha value is -3.09. The van der Waals surface area contributed by atoms with Gasteiger partial charge in [0, 0.05) is 47.6 Å². The van der Waals surface area contributed by atoms with Gasteiger partial charge in [0.05, 0.1) is 0 Å². The molecule has 0 saturated carbocycles. The maximum absolute atomic E-state index is 14.1. The van der Waals surface area contributed by atoms with E-state index in [-0.39, 0.29) is 17.0 Å². The summed E-state index contributed by atoms with van der Waals surface area (Å²) in [5, 5.41) is 0. The van der Waals surface area contributed by atoms with Crippen molar-refractivity contribution in [1.29, 1.82) is 0 Å². The lowest BCUT2D eigenvalue weighted by Gasteiger charge is -2.18. The zero-order valence-electron chi connectivity index (χ0n) is 15.7. The van der Waals surface area contributed by atoms with E-state index in [4.69, 9.17) is 0 Å². The highest BCUT2D eigenvalue weighted by Gasteiger charge is 2.29. The molecule has 7 heteroatoms. The summed E-state index contributed by atoms with van der Waals surface area (Å²) in [7, 11) is 0. The number of H-pyrrole nitrogens is 1. The summed E-state index contributed by atoms with van der Waals surface area (Å²) in [6.07, 6.45) is 2.31. The first-order chi connectivity index (χ1) is 13.4. The first-order valence-electron chi connectivity index (χ1n) is 9.17. The average molecular weight is 382 g/mol. The highest BCUT2D eigenvalue weighted by Crippen LogP contribution is 2.33. The van der Waals surface area contributed by atoms with Crippen molar-refractivity contribution >= 4 is 5.82 Å². The minimum absolute atomic E-state index is 0.151. The van der Waals surface area contributed by atoms with Gasteiger partial charge in [-0.3, -0.25) is 4.79 Å². The van der Waals surface area contributed by atoms with Crippen molar-refractivity contribution in [3.8, 4) is 11.4 Å². The first kappa shape index (κ1) is 18.3. The predicted molar refractivity (Wildman–Crippen MR) is 103 cm³/mol. The molecule has 1 aliphatic heterocycles. The van der Waals surface area contributed by atoms with Crippen molar-refractivity contribution in [3.05, 3.63) is 75.3 Å². The molecule has 0 amide bonds. The molecule has 1 aromatic carbocycles. The van der Waals surface area contributed by atoms with Crippen LogP contribution in [0.3, 0.4) is 0 Å². The summed E-state index contributed by atoms with van der Waals surface area (Å²) in [6.45, 7) is 4.70. The first-order valence-corrected chi connectivity index (χ1v) is 9.17. The highest BCUT2D eigenvalue weighted by atomic mass is 19.1.